The quantitative estimate of drug-likeness (QED) is 0.524. The molecule has 0 atom stereocenters. The van der Waals surface area contributed by atoms with E-state index in [2.05, 4.69) is 15.3 Å². The number of nitrogens with zero attached hydrogens (tertiary/aromatic N) is 1. The van der Waals surface area contributed by atoms with Gasteiger partial charge in [-0.1, -0.05) is 29.5 Å². The van der Waals surface area contributed by atoms with Gasteiger partial charge in [-0.25, -0.2) is 4.98 Å². The first-order chi connectivity index (χ1) is 11.6. The molecule has 0 spiro atoms. The molecule has 2 aromatic carbocycles. The van der Waals surface area contributed by atoms with Crippen LogP contribution in [0.4, 0.5) is 10.8 Å². The molecular weight excluding hydrogens is 324 g/mol. The average molecular weight is 336 g/mol. The number of carbonyl (C=O) groups is 1. The Morgan fingerprint density at radius 2 is 1.96 bits per heavy atom. The lowest BCUT2D eigenvalue weighted by Gasteiger charge is -2.06. The van der Waals surface area contributed by atoms with Crippen LogP contribution in [0.3, 0.4) is 0 Å². The zero-order valence-corrected chi connectivity index (χ0v) is 13.2. The number of nitrogens with two attached hydrogens (primary N) is 1. The van der Waals surface area contributed by atoms with Gasteiger partial charge in [-0.15, -0.1) is 0 Å². The van der Waals surface area contributed by atoms with E-state index >= 15 is 0 Å². The molecule has 7 heteroatoms. The number of rotatable bonds is 2. The Kier molecular flexibility index (Phi) is 3.28. The van der Waals surface area contributed by atoms with Gasteiger partial charge < -0.3 is 16.0 Å². The fourth-order valence-corrected chi connectivity index (χ4v) is 3.47. The minimum Gasteiger partial charge on any atom is -0.375 e. The van der Waals surface area contributed by atoms with E-state index < -0.39 is 0 Å². The molecule has 0 unspecified atom stereocenters. The second kappa shape index (κ2) is 5.47. The molecule has 4 rings (SSSR count). The normalized spacial score (nSPS) is 11.0. The number of amides is 1. The summed E-state index contributed by atoms with van der Waals surface area (Å²) in [6, 6.07) is 13.9. The zero-order valence-electron chi connectivity index (χ0n) is 12.4. The van der Waals surface area contributed by atoms with Crippen LogP contribution in [0.5, 0.6) is 0 Å². The average Bonchev–Trinajstić information content (AvgIpc) is 2.95. The van der Waals surface area contributed by atoms with Crippen LogP contribution in [0.15, 0.2) is 53.3 Å². The number of H-pyrrole nitrogens is 1. The van der Waals surface area contributed by atoms with Crippen molar-refractivity contribution in [1.29, 1.82) is 0 Å². The third-order valence-electron chi connectivity index (χ3n) is 3.64. The summed E-state index contributed by atoms with van der Waals surface area (Å²) < 4.78 is 0.723. The highest BCUT2D eigenvalue weighted by Crippen LogP contribution is 2.28. The van der Waals surface area contributed by atoms with E-state index in [1.165, 1.54) is 17.4 Å². The number of aromatic nitrogens is 2. The van der Waals surface area contributed by atoms with Crippen molar-refractivity contribution in [2.75, 3.05) is 11.1 Å². The summed E-state index contributed by atoms with van der Waals surface area (Å²) in [5.41, 5.74) is 7.61. The fraction of sp³-hybridized carbons (Fsp3) is 0. The summed E-state index contributed by atoms with van der Waals surface area (Å²) in [5, 5.41) is 3.66. The fourth-order valence-electron chi connectivity index (χ4n) is 2.58. The molecule has 24 heavy (non-hydrogen) atoms. The van der Waals surface area contributed by atoms with Crippen molar-refractivity contribution in [3.8, 4) is 0 Å². The number of fused-ring (bicyclic) bond motifs is 3. The van der Waals surface area contributed by atoms with E-state index in [1.807, 2.05) is 18.2 Å². The highest BCUT2D eigenvalue weighted by molar-refractivity contribution is 7.23. The number of aromatic amines is 1. The number of hydrogen-bond acceptors (Lipinski definition) is 5. The molecule has 0 saturated carbocycles. The first-order valence-corrected chi connectivity index (χ1v) is 8.02. The van der Waals surface area contributed by atoms with Crippen LogP contribution in [0, 0.1) is 0 Å². The lowest BCUT2D eigenvalue weighted by Crippen LogP contribution is -2.17. The van der Waals surface area contributed by atoms with Gasteiger partial charge in [-0.05, 0) is 24.3 Å². The molecule has 0 radical (unpaired) electrons. The van der Waals surface area contributed by atoms with Gasteiger partial charge in [-0.2, -0.15) is 0 Å². The van der Waals surface area contributed by atoms with Crippen LogP contribution in [0.2, 0.25) is 0 Å². The predicted octanol–water partition coefficient (Wildman–Crippen LogP) is 2.97. The SMILES string of the molecule is Nc1nc2ccc3[nH]c(C(=O)Nc4ccccc4)cc(=O)c3c2s1. The van der Waals surface area contributed by atoms with Crippen LogP contribution in [-0.2, 0) is 0 Å². The number of anilines is 2. The Morgan fingerprint density at radius 3 is 2.75 bits per heavy atom. The van der Waals surface area contributed by atoms with Crippen LogP contribution in [0.1, 0.15) is 10.5 Å². The van der Waals surface area contributed by atoms with Gasteiger partial charge in [0.05, 0.1) is 21.1 Å². The minimum absolute atomic E-state index is 0.202. The number of carbonyl (C=O) groups excluding carboxylic acids is 1. The maximum absolute atomic E-state index is 12.5. The smallest absolute Gasteiger partial charge is 0.272 e. The molecule has 0 saturated heterocycles. The Morgan fingerprint density at radius 1 is 1.17 bits per heavy atom. The van der Waals surface area contributed by atoms with Gasteiger partial charge in [0.1, 0.15) is 5.69 Å². The first-order valence-electron chi connectivity index (χ1n) is 7.20. The Labute approximate surface area is 140 Å². The predicted molar refractivity (Wildman–Crippen MR) is 96.6 cm³/mol. The summed E-state index contributed by atoms with van der Waals surface area (Å²) in [4.78, 5) is 32.1. The molecular formula is C17H12N4O2S. The monoisotopic (exact) mass is 336 g/mol. The van der Waals surface area contributed by atoms with Gasteiger partial charge in [-0.3, -0.25) is 9.59 Å². The lowest BCUT2D eigenvalue weighted by molar-refractivity contribution is 0.102. The van der Waals surface area contributed by atoms with Gasteiger partial charge in [0.2, 0.25) is 0 Å². The molecule has 6 nitrogen and oxygen atoms in total. The Hall–Kier alpha value is -3.19. The van der Waals surface area contributed by atoms with E-state index in [4.69, 9.17) is 5.73 Å². The molecule has 4 N–H and O–H groups in total. The summed E-state index contributed by atoms with van der Waals surface area (Å²) in [6.07, 6.45) is 0. The number of nitrogens with one attached hydrogen (secondary N) is 2. The van der Waals surface area contributed by atoms with E-state index in [-0.39, 0.29) is 17.0 Å². The van der Waals surface area contributed by atoms with Crippen LogP contribution in [-0.4, -0.2) is 15.9 Å². The molecule has 2 heterocycles. The Bertz CT molecular complexity index is 1130. The van der Waals surface area contributed by atoms with E-state index in [0.717, 1.165) is 4.70 Å². The highest BCUT2D eigenvalue weighted by Gasteiger charge is 2.13. The maximum Gasteiger partial charge on any atom is 0.272 e. The molecule has 4 aromatic rings. The van der Waals surface area contributed by atoms with E-state index in [1.54, 1.807) is 24.3 Å². The molecule has 2 aromatic heterocycles. The summed E-state index contributed by atoms with van der Waals surface area (Å²) in [6.45, 7) is 0. The van der Waals surface area contributed by atoms with Crippen molar-refractivity contribution in [1.82, 2.24) is 9.97 Å². The first kappa shape index (κ1) is 14.4. The molecule has 0 fully saturated rings. The summed E-state index contributed by atoms with van der Waals surface area (Å²) >= 11 is 1.26. The van der Waals surface area contributed by atoms with Crippen molar-refractivity contribution in [3.05, 3.63) is 64.4 Å². The van der Waals surface area contributed by atoms with Crippen LogP contribution >= 0.6 is 11.3 Å². The number of hydrogen-bond donors (Lipinski definition) is 3. The topological polar surface area (TPSA) is 101 Å². The van der Waals surface area contributed by atoms with Crippen molar-refractivity contribution in [2.45, 2.75) is 0 Å². The van der Waals surface area contributed by atoms with Crippen LogP contribution in [0.25, 0.3) is 21.1 Å². The second-order valence-electron chi connectivity index (χ2n) is 5.26. The van der Waals surface area contributed by atoms with Crippen molar-refractivity contribution in [2.24, 2.45) is 0 Å². The van der Waals surface area contributed by atoms with Crippen LogP contribution < -0.4 is 16.5 Å². The third kappa shape index (κ3) is 2.40. The van der Waals surface area contributed by atoms with Gasteiger partial charge in [0.15, 0.2) is 10.6 Å². The van der Waals surface area contributed by atoms with Crippen molar-refractivity contribution in [3.63, 3.8) is 0 Å². The lowest BCUT2D eigenvalue weighted by atomic mass is 10.1. The largest absolute Gasteiger partial charge is 0.375 e. The minimum atomic E-state index is -0.371. The Balaban J connectivity index is 1.82. The highest BCUT2D eigenvalue weighted by atomic mass is 32.1. The van der Waals surface area contributed by atoms with E-state index in [9.17, 15) is 9.59 Å². The number of pyridine rings is 1. The van der Waals surface area contributed by atoms with Crippen molar-refractivity contribution >= 4 is 49.2 Å². The van der Waals surface area contributed by atoms with Crippen molar-refractivity contribution < 1.29 is 4.79 Å². The number of nitrogen functional groups attached to an aromatic ring is 1. The molecule has 0 bridgehead atoms. The standard InChI is InChI=1S/C17H12N4O2S/c18-17-21-11-7-6-10-14(15(11)24-17)13(22)8-12(20-10)16(23)19-9-4-2-1-3-5-9/h1-8H,(H2,18,21)(H,19,23)(H,20,22). The molecule has 0 aliphatic heterocycles. The third-order valence-corrected chi connectivity index (χ3v) is 4.56. The number of benzene rings is 2. The van der Waals surface area contributed by atoms with Gasteiger partial charge >= 0.3 is 0 Å². The van der Waals surface area contributed by atoms with Gasteiger partial charge in [0.25, 0.3) is 5.91 Å². The zero-order chi connectivity index (χ0) is 16.7. The molecule has 1 amide bonds. The second-order valence-corrected chi connectivity index (χ2v) is 6.29. The number of thiazole rings is 1. The number of para-hydroxylation sites is 1. The van der Waals surface area contributed by atoms with E-state index in [0.29, 0.717) is 27.2 Å². The molecule has 0 aliphatic carbocycles. The maximum atomic E-state index is 12.5. The molecule has 0 aliphatic rings. The summed E-state index contributed by atoms with van der Waals surface area (Å²) in [5.74, 6) is -0.371. The molecule has 118 valence electrons. The van der Waals surface area contributed by atoms with Gasteiger partial charge in [0, 0.05) is 11.8 Å². The summed E-state index contributed by atoms with van der Waals surface area (Å²) in [7, 11) is 0.